The van der Waals surface area contributed by atoms with Gasteiger partial charge in [0.15, 0.2) is 0 Å². The molecule has 6 rings (SSSR count). The van der Waals surface area contributed by atoms with E-state index in [2.05, 4.69) is 15.3 Å². The summed E-state index contributed by atoms with van der Waals surface area (Å²) >= 11 is 0. The Morgan fingerprint density at radius 1 is 0.933 bits per heavy atom. The molecule has 0 radical (unpaired) electrons. The maximum Gasteiger partial charge on any atom is 0.511 e. The van der Waals surface area contributed by atoms with Crippen LogP contribution in [0.2, 0.25) is 0 Å². The van der Waals surface area contributed by atoms with Gasteiger partial charge in [-0.3, -0.25) is 24.1 Å². The Balaban J connectivity index is 0.00000125. The molecule has 1 aliphatic rings. The molecule has 60 heavy (non-hydrogen) atoms. The fraction of sp³-hybridized carbons (Fsp3) is 0.405. The van der Waals surface area contributed by atoms with E-state index in [9.17, 15) is 32.8 Å². The van der Waals surface area contributed by atoms with Crippen molar-refractivity contribution in [2.45, 2.75) is 79.7 Å². The lowest BCUT2D eigenvalue weighted by molar-refractivity contribution is -0.170. The summed E-state index contributed by atoms with van der Waals surface area (Å²) in [5.41, 5.74) is 0.724. The largest absolute Gasteiger partial charge is 0.511 e. The van der Waals surface area contributed by atoms with Gasteiger partial charge in [-0.05, 0) is 69.2 Å². The Hall–Kier alpha value is -6.30. The maximum atomic E-state index is 15.7. The number of hydrogen-bond donors (Lipinski definition) is 1. The lowest BCUT2D eigenvalue weighted by Crippen LogP contribution is -2.45. The van der Waals surface area contributed by atoms with Crippen LogP contribution in [0.5, 0.6) is 0 Å². The van der Waals surface area contributed by atoms with Gasteiger partial charge in [-0.25, -0.2) is 32.1 Å². The third-order valence-electron chi connectivity index (χ3n) is 8.92. The highest BCUT2D eigenvalue weighted by molar-refractivity contribution is 5.99. The summed E-state index contributed by atoms with van der Waals surface area (Å²) in [5, 5.41) is 3.33. The number of hydrogen-bond acceptors (Lipinski definition) is 12. The van der Waals surface area contributed by atoms with Crippen LogP contribution in [0.25, 0.3) is 27.5 Å². The monoisotopic (exact) mass is 838 g/mol. The minimum atomic E-state index is -2.17. The molecular formula is C42H49F3N6O9. The van der Waals surface area contributed by atoms with Crippen molar-refractivity contribution in [2.75, 3.05) is 31.2 Å². The van der Waals surface area contributed by atoms with E-state index >= 15 is 4.39 Å². The Labute approximate surface area is 344 Å². The van der Waals surface area contributed by atoms with Gasteiger partial charge >= 0.3 is 17.8 Å². The predicted octanol–water partition coefficient (Wildman–Crippen LogP) is 6.01. The van der Waals surface area contributed by atoms with Crippen molar-refractivity contribution in [2.24, 2.45) is 7.05 Å². The molecule has 1 N–H and O–H groups in total. The second-order valence-electron chi connectivity index (χ2n) is 13.5. The average Bonchev–Trinajstić information content (AvgIpc) is 3.20. The Kier molecular flexibility index (Phi) is 16.3. The van der Waals surface area contributed by atoms with Gasteiger partial charge in [-0.1, -0.05) is 26.0 Å². The van der Waals surface area contributed by atoms with Crippen LogP contribution in [0.4, 0.5) is 23.7 Å². The van der Waals surface area contributed by atoms with Gasteiger partial charge in [-0.15, -0.1) is 0 Å². The van der Waals surface area contributed by atoms with Gasteiger partial charge in [0.1, 0.15) is 11.9 Å². The number of carbonyl (C=O) groups is 3. The number of anilines is 1. The summed E-state index contributed by atoms with van der Waals surface area (Å²) in [4.78, 5) is 77.3. The normalized spacial score (nSPS) is 13.4. The highest BCUT2D eigenvalue weighted by atomic mass is 19.3. The van der Waals surface area contributed by atoms with Crippen molar-refractivity contribution < 1.29 is 46.5 Å². The summed E-state index contributed by atoms with van der Waals surface area (Å²) in [6, 6.07) is 9.48. The van der Waals surface area contributed by atoms with E-state index in [1.54, 1.807) is 45.0 Å². The first kappa shape index (κ1) is 46.4. The number of rotatable bonds is 10. The molecule has 1 fully saturated rings. The molecule has 322 valence electrons. The maximum absolute atomic E-state index is 15.7. The lowest BCUT2D eigenvalue weighted by atomic mass is 9.99. The van der Waals surface area contributed by atoms with E-state index in [1.165, 1.54) is 55.3 Å². The summed E-state index contributed by atoms with van der Waals surface area (Å²) in [7, 11) is 1.53. The molecule has 5 aromatic rings. The Bertz CT molecular complexity index is 2410. The zero-order valence-electron chi connectivity index (χ0n) is 34.7. The molecule has 0 aliphatic carbocycles. The third kappa shape index (κ3) is 11.2. The fourth-order valence-electron chi connectivity index (χ4n) is 6.37. The number of halogens is 3. The fourth-order valence-corrected chi connectivity index (χ4v) is 6.37. The molecule has 2 atom stereocenters. The average molecular weight is 839 g/mol. The highest BCUT2D eigenvalue weighted by Crippen LogP contribution is 2.27. The summed E-state index contributed by atoms with van der Waals surface area (Å²) in [6.07, 6.45) is -0.974. The predicted molar refractivity (Wildman–Crippen MR) is 218 cm³/mol. The van der Waals surface area contributed by atoms with E-state index < -0.39 is 60.0 Å². The molecule has 18 heteroatoms. The Morgan fingerprint density at radius 2 is 1.62 bits per heavy atom. The van der Waals surface area contributed by atoms with Gasteiger partial charge in [0.05, 0.1) is 53.2 Å². The van der Waals surface area contributed by atoms with Gasteiger partial charge in [0.25, 0.3) is 11.5 Å². The van der Waals surface area contributed by atoms with Crippen LogP contribution in [0.1, 0.15) is 63.0 Å². The summed E-state index contributed by atoms with van der Waals surface area (Å²) < 4.78 is 59.5. The molecule has 2 unspecified atom stereocenters. The van der Waals surface area contributed by atoms with Crippen molar-refractivity contribution in [1.82, 2.24) is 24.4 Å². The van der Waals surface area contributed by atoms with Crippen LogP contribution >= 0.6 is 0 Å². The van der Waals surface area contributed by atoms with E-state index in [4.69, 9.17) is 18.9 Å². The smallest absolute Gasteiger partial charge is 0.431 e. The molecule has 1 aliphatic heterocycles. The first-order chi connectivity index (χ1) is 28.6. The first-order valence-electron chi connectivity index (χ1n) is 19.3. The quantitative estimate of drug-likeness (QED) is 0.129. The standard InChI is InChI=1S/C38H39FN6O9.C2H4F2.C2H6/c1-21(2)52-38(50)54-23(4)53-36(48)29(42-34(46)32-22(3)17-25(19-28(32)39)44-13-15-51-16-14-44)18-24-8-9-30(33-26(24)7-6-11-41-33)45-35(47)27-10-12-40-20-31(27)43(5)37(45)49;1-2(3)4;1-2/h6-12,17,19-21,23,29H,13-16,18H2,1-5H3,(H,42,46);2H,1H3;1-2H3. The van der Waals surface area contributed by atoms with Gasteiger partial charge in [-0.2, -0.15) is 0 Å². The van der Waals surface area contributed by atoms with Crippen molar-refractivity contribution in [3.8, 4) is 5.69 Å². The molecule has 0 spiro atoms. The first-order valence-corrected chi connectivity index (χ1v) is 19.3. The number of morpholine rings is 1. The zero-order valence-corrected chi connectivity index (χ0v) is 34.7. The molecular weight excluding hydrogens is 789 g/mol. The van der Waals surface area contributed by atoms with E-state index in [1.807, 2.05) is 18.7 Å². The number of aromatic nitrogens is 4. The van der Waals surface area contributed by atoms with Crippen LogP contribution in [0, 0.1) is 12.7 Å². The van der Waals surface area contributed by atoms with Crippen molar-refractivity contribution in [3.63, 3.8) is 0 Å². The van der Waals surface area contributed by atoms with Crippen LogP contribution in [-0.2, 0) is 37.2 Å². The van der Waals surface area contributed by atoms with Crippen LogP contribution in [0.3, 0.4) is 0 Å². The lowest BCUT2D eigenvalue weighted by Gasteiger charge is -2.29. The molecule has 2 aromatic carbocycles. The van der Waals surface area contributed by atoms with Crippen LogP contribution < -0.4 is 21.5 Å². The van der Waals surface area contributed by atoms with Crippen LogP contribution in [0.15, 0.2) is 70.6 Å². The number of ether oxygens (including phenoxy) is 4. The van der Waals surface area contributed by atoms with E-state index in [0.29, 0.717) is 54.0 Å². The number of amides is 1. The number of nitrogens with one attached hydrogen (secondary N) is 1. The number of alkyl halides is 2. The molecule has 15 nitrogen and oxygen atoms in total. The summed E-state index contributed by atoms with van der Waals surface area (Å²) in [5.74, 6) is -2.66. The van der Waals surface area contributed by atoms with E-state index in [-0.39, 0.29) is 28.6 Å². The number of aryl methyl sites for hydroxylation is 2. The molecule has 4 heterocycles. The Morgan fingerprint density at radius 3 is 2.27 bits per heavy atom. The number of esters is 1. The van der Waals surface area contributed by atoms with Crippen molar-refractivity contribution in [1.29, 1.82) is 0 Å². The topological polar surface area (TPSA) is 173 Å². The minimum Gasteiger partial charge on any atom is -0.431 e. The zero-order chi connectivity index (χ0) is 44.3. The number of benzene rings is 2. The molecule has 1 amide bonds. The minimum absolute atomic E-state index is 0.186. The second kappa shape index (κ2) is 21.1. The second-order valence-corrected chi connectivity index (χ2v) is 13.5. The summed E-state index contributed by atoms with van der Waals surface area (Å²) in [6.45, 7) is 13.1. The van der Waals surface area contributed by atoms with Gasteiger partial charge < -0.3 is 29.2 Å². The third-order valence-corrected chi connectivity index (χ3v) is 8.92. The molecule has 3 aromatic heterocycles. The van der Waals surface area contributed by atoms with Gasteiger partial charge in [0.2, 0.25) is 12.7 Å². The molecule has 1 saturated heterocycles. The number of carbonyl (C=O) groups excluding carboxylic acids is 3. The number of pyridine rings is 2. The SMILES string of the molecule is CC.CC(F)F.Cc1cc(N2CCOCC2)cc(F)c1C(=O)NC(Cc1ccc(-n2c(=O)c3ccncc3n(C)c2=O)c2ncccc12)C(=O)OC(C)OC(=O)OC(C)C. The number of nitrogens with zero attached hydrogens (tertiary/aromatic N) is 5. The molecule has 0 saturated carbocycles. The van der Waals surface area contributed by atoms with Crippen LogP contribution in [-0.4, -0.2) is 88.3 Å². The van der Waals surface area contributed by atoms with Crippen molar-refractivity contribution >= 4 is 45.5 Å². The van der Waals surface area contributed by atoms with Gasteiger partial charge in [0, 0.05) is 56.9 Å². The highest BCUT2D eigenvalue weighted by Gasteiger charge is 2.30. The molecule has 0 bridgehead atoms. The number of fused-ring (bicyclic) bond motifs is 2. The van der Waals surface area contributed by atoms with Crippen molar-refractivity contribution in [3.05, 3.63) is 104 Å². The van der Waals surface area contributed by atoms with E-state index in [0.717, 1.165) is 11.5 Å².